The average Bonchev–Trinajstić information content (AvgIpc) is 3.19. The molecule has 3 aliphatic carbocycles. The summed E-state index contributed by atoms with van der Waals surface area (Å²) in [4.78, 5) is 33.0. The van der Waals surface area contributed by atoms with E-state index in [4.69, 9.17) is 0 Å². The maximum Gasteiger partial charge on any atom is 0.226 e. The van der Waals surface area contributed by atoms with E-state index in [0.29, 0.717) is 23.7 Å². The van der Waals surface area contributed by atoms with Crippen molar-refractivity contribution in [1.82, 2.24) is 14.7 Å². The molecule has 0 radical (unpaired) electrons. The van der Waals surface area contributed by atoms with E-state index < -0.39 is 0 Å². The average molecular weight is 460 g/mol. The van der Waals surface area contributed by atoms with Gasteiger partial charge in [-0.1, -0.05) is 54.6 Å². The molecule has 2 heterocycles. The van der Waals surface area contributed by atoms with E-state index in [1.165, 1.54) is 12.0 Å². The molecule has 5 heteroatoms. The second-order valence-electron chi connectivity index (χ2n) is 11.3. The van der Waals surface area contributed by atoms with Crippen molar-refractivity contribution in [2.45, 2.75) is 32.1 Å². The fraction of sp³-hybridized carbons (Fsp3) is 0.586. The topological polar surface area (TPSA) is 43.9 Å². The van der Waals surface area contributed by atoms with Gasteiger partial charge >= 0.3 is 0 Å². The van der Waals surface area contributed by atoms with Gasteiger partial charge in [0.2, 0.25) is 11.8 Å². The van der Waals surface area contributed by atoms with Crippen LogP contribution in [-0.2, 0) is 9.59 Å². The Hall–Kier alpha value is -2.40. The molecule has 0 aromatic heterocycles. The number of piperazine rings is 1. The number of fused-ring (bicyclic) bond motifs is 2. The molecule has 1 aromatic carbocycles. The van der Waals surface area contributed by atoms with Gasteiger partial charge in [0.15, 0.2) is 0 Å². The van der Waals surface area contributed by atoms with Crippen molar-refractivity contribution < 1.29 is 9.59 Å². The molecule has 1 unspecified atom stereocenters. The monoisotopic (exact) mass is 459 g/mol. The molecular formula is C29H37N3O2. The lowest BCUT2D eigenvalue weighted by Crippen LogP contribution is -2.50. The number of amides is 2. The zero-order valence-corrected chi connectivity index (χ0v) is 20.1. The molecule has 4 fully saturated rings. The normalized spacial score (nSPS) is 32.1. The van der Waals surface area contributed by atoms with Gasteiger partial charge in [0.1, 0.15) is 0 Å². The lowest BCUT2D eigenvalue weighted by atomic mass is 9.87. The Bertz CT molecular complexity index is 970. The number of likely N-dealkylation sites (tertiary alicyclic amines) is 1. The van der Waals surface area contributed by atoms with Crippen molar-refractivity contribution in [2.24, 2.45) is 29.1 Å². The number of rotatable bonds is 5. The van der Waals surface area contributed by atoms with Crippen LogP contribution in [0, 0.1) is 29.1 Å². The number of piperidine rings is 1. The van der Waals surface area contributed by atoms with Crippen molar-refractivity contribution in [3.63, 3.8) is 0 Å². The largest absolute Gasteiger partial charge is 0.342 e. The second kappa shape index (κ2) is 8.99. The number of hydrogen-bond donors (Lipinski definition) is 0. The first-order valence-corrected chi connectivity index (χ1v) is 13.3. The van der Waals surface area contributed by atoms with Crippen molar-refractivity contribution >= 4 is 17.9 Å². The summed E-state index contributed by atoms with van der Waals surface area (Å²) in [6, 6.07) is 10.4. The van der Waals surface area contributed by atoms with Crippen molar-refractivity contribution in [2.75, 3.05) is 45.8 Å². The summed E-state index contributed by atoms with van der Waals surface area (Å²) in [5.74, 6) is 2.29. The fourth-order valence-corrected chi connectivity index (χ4v) is 6.99. The van der Waals surface area contributed by atoms with E-state index in [-0.39, 0.29) is 17.3 Å². The third-order valence-electron chi connectivity index (χ3n) is 9.31. The van der Waals surface area contributed by atoms with Crippen LogP contribution in [0.15, 0.2) is 48.6 Å². The Labute approximate surface area is 203 Å². The number of carbonyl (C=O) groups excluding carboxylic acids is 2. The highest BCUT2D eigenvalue weighted by atomic mass is 16.2. The summed E-state index contributed by atoms with van der Waals surface area (Å²) in [5.41, 5.74) is 1.41. The van der Waals surface area contributed by atoms with Gasteiger partial charge in [-0.25, -0.2) is 0 Å². The molecule has 2 saturated heterocycles. The molecule has 0 N–H and O–H groups in total. The minimum atomic E-state index is 0.179. The summed E-state index contributed by atoms with van der Waals surface area (Å²) in [5, 5.41) is 0. The minimum Gasteiger partial charge on any atom is -0.342 e. The summed E-state index contributed by atoms with van der Waals surface area (Å²) < 4.78 is 0. The molecular weight excluding hydrogens is 422 g/mol. The molecule has 2 bridgehead atoms. The van der Waals surface area contributed by atoms with Crippen LogP contribution in [0.1, 0.15) is 37.7 Å². The van der Waals surface area contributed by atoms with Crippen LogP contribution in [-0.4, -0.2) is 72.3 Å². The van der Waals surface area contributed by atoms with Gasteiger partial charge in [0.05, 0.1) is 0 Å². The van der Waals surface area contributed by atoms with Crippen molar-refractivity contribution in [1.29, 1.82) is 0 Å². The quantitative estimate of drug-likeness (QED) is 0.631. The minimum absolute atomic E-state index is 0.179. The summed E-state index contributed by atoms with van der Waals surface area (Å²) >= 11 is 0. The van der Waals surface area contributed by atoms with E-state index >= 15 is 0 Å². The first-order valence-electron chi connectivity index (χ1n) is 13.3. The highest BCUT2D eigenvalue weighted by molar-refractivity contribution is 5.83. The molecule has 5 aliphatic rings. The van der Waals surface area contributed by atoms with E-state index in [9.17, 15) is 9.59 Å². The van der Waals surface area contributed by atoms with Gasteiger partial charge in [-0.05, 0) is 54.9 Å². The Morgan fingerprint density at radius 2 is 1.62 bits per heavy atom. The van der Waals surface area contributed by atoms with E-state index in [0.717, 1.165) is 71.5 Å². The van der Waals surface area contributed by atoms with Crippen LogP contribution in [0.25, 0.3) is 6.08 Å². The van der Waals surface area contributed by atoms with Gasteiger partial charge in [0, 0.05) is 57.6 Å². The Morgan fingerprint density at radius 3 is 2.29 bits per heavy atom. The van der Waals surface area contributed by atoms with Gasteiger partial charge in [-0.3, -0.25) is 14.5 Å². The van der Waals surface area contributed by atoms with Crippen molar-refractivity contribution in [3.05, 3.63) is 54.1 Å². The summed E-state index contributed by atoms with van der Waals surface area (Å²) in [6.07, 6.45) is 14.3. The van der Waals surface area contributed by atoms with Crippen LogP contribution in [0.5, 0.6) is 0 Å². The van der Waals surface area contributed by atoms with E-state index in [2.05, 4.69) is 63.3 Å². The highest BCUT2D eigenvalue weighted by Crippen LogP contribution is 2.60. The SMILES string of the molecule is O=C(C1CC12CCN(C(=O)[C@H]1C[C@@H]3C=C[C@H]1C3)CC2)N1CCN(CC=Cc2ccccc2)CC1. The first-order chi connectivity index (χ1) is 16.6. The Morgan fingerprint density at radius 1 is 0.882 bits per heavy atom. The lowest BCUT2D eigenvalue weighted by molar-refractivity contribution is -0.138. The maximum atomic E-state index is 13.3. The predicted octanol–water partition coefficient (Wildman–Crippen LogP) is 3.68. The Kier molecular flexibility index (Phi) is 5.84. The standard InChI is InChI=1S/C29H37N3O2/c33-27(25-20-23-8-9-24(25)19-23)31-13-10-29(11-14-31)21-26(29)28(34)32-17-15-30(16-18-32)12-4-7-22-5-2-1-3-6-22/h1-9,23-26H,10-21H2/t23-,24+,25+,26?/m1/s1. The molecule has 180 valence electrons. The van der Waals surface area contributed by atoms with Crippen LogP contribution in [0.2, 0.25) is 0 Å². The molecule has 2 aliphatic heterocycles. The highest BCUT2D eigenvalue weighted by Gasteiger charge is 2.60. The molecule has 1 spiro atoms. The zero-order chi connectivity index (χ0) is 23.1. The summed E-state index contributed by atoms with van der Waals surface area (Å²) in [6.45, 7) is 6.21. The fourth-order valence-electron chi connectivity index (χ4n) is 6.99. The lowest BCUT2D eigenvalue weighted by Gasteiger charge is -2.37. The molecule has 5 nitrogen and oxygen atoms in total. The van der Waals surface area contributed by atoms with E-state index in [1.54, 1.807) is 0 Å². The third kappa shape index (κ3) is 4.24. The number of nitrogens with zero attached hydrogens (tertiary/aromatic N) is 3. The van der Waals surface area contributed by atoms with Gasteiger partial charge in [-0.2, -0.15) is 0 Å². The molecule has 34 heavy (non-hydrogen) atoms. The third-order valence-corrected chi connectivity index (χ3v) is 9.31. The van der Waals surface area contributed by atoms with Crippen LogP contribution < -0.4 is 0 Å². The number of allylic oxidation sites excluding steroid dienone is 2. The van der Waals surface area contributed by atoms with Gasteiger partial charge in [0.25, 0.3) is 0 Å². The molecule has 4 atom stereocenters. The zero-order valence-electron chi connectivity index (χ0n) is 20.1. The van der Waals surface area contributed by atoms with Gasteiger partial charge in [-0.15, -0.1) is 0 Å². The molecule has 2 saturated carbocycles. The number of carbonyl (C=O) groups is 2. The van der Waals surface area contributed by atoms with Gasteiger partial charge < -0.3 is 9.80 Å². The first kappa shape index (κ1) is 22.1. The van der Waals surface area contributed by atoms with Crippen LogP contribution >= 0.6 is 0 Å². The number of hydrogen-bond acceptors (Lipinski definition) is 3. The summed E-state index contributed by atoms with van der Waals surface area (Å²) in [7, 11) is 0. The van der Waals surface area contributed by atoms with Crippen molar-refractivity contribution in [3.8, 4) is 0 Å². The molecule has 1 aromatic rings. The molecule has 2 amide bonds. The van der Waals surface area contributed by atoms with Crippen LogP contribution in [0.3, 0.4) is 0 Å². The smallest absolute Gasteiger partial charge is 0.226 e. The second-order valence-corrected chi connectivity index (χ2v) is 11.3. The van der Waals surface area contributed by atoms with E-state index in [1.807, 2.05) is 6.07 Å². The number of benzene rings is 1. The molecule has 6 rings (SSSR count). The predicted molar refractivity (Wildman–Crippen MR) is 134 cm³/mol. The Balaban J connectivity index is 0.946. The maximum absolute atomic E-state index is 13.3. The van der Waals surface area contributed by atoms with Crippen LogP contribution in [0.4, 0.5) is 0 Å².